The van der Waals surface area contributed by atoms with Crippen LogP contribution in [0.2, 0.25) is 0 Å². The van der Waals surface area contributed by atoms with Crippen molar-refractivity contribution in [1.29, 1.82) is 0 Å². The minimum Gasteiger partial charge on any atom is -0.481 e. The van der Waals surface area contributed by atoms with Gasteiger partial charge in [0.05, 0.1) is 5.92 Å². The smallest absolute Gasteiger partial charge is 0.321 e. The molecule has 1 aromatic carbocycles. The largest absolute Gasteiger partial charge is 0.481 e. The summed E-state index contributed by atoms with van der Waals surface area (Å²) in [6.45, 7) is 1.73. The third-order valence-electron chi connectivity index (χ3n) is 2.95. The number of hydrogen-bond donors (Lipinski definition) is 2. The van der Waals surface area contributed by atoms with Gasteiger partial charge in [-0.1, -0.05) is 6.92 Å². The zero-order chi connectivity index (χ0) is 15.3. The summed E-state index contributed by atoms with van der Waals surface area (Å²) in [5.41, 5.74) is 1.71. The van der Waals surface area contributed by atoms with E-state index in [2.05, 4.69) is 5.32 Å². The first-order valence-corrected chi connectivity index (χ1v) is 6.33. The van der Waals surface area contributed by atoms with Crippen molar-refractivity contribution in [3.05, 3.63) is 24.3 Å². The van der Waals surface area contributed by atoms with Crippen LogP contribution in [0, 0.1) is 5.92 Å². The van der Waals surface area contributed by atoms with E-state index in [-0.39, 0.29) is 12.6 Å². The van der Waals surface area contributed by atoms with Crippen LogP contribution in [0.3, 0.4) is 0 Å². The molecule has 1 atom stereocenters. The van der Waals surface area contributed by atoms with E-state index in [4.69, 9.17) is 5.11 Å². The fourth-order valence-corrected chi connectivity index (χ4v) is 1.63. The summed E-state index contributed by atoms with van der Waals surface area (Å²) in [5.74, 6) is -1.51. The third kappa shape index (κ3) is 4.46. The van der Waals surface area contributed by atoms with Gasteiger partial charge in [-0.2, -0.15) is 0 Å². The average molecular weight is 279 g/mol. The van der Waals surface area contributed by atoms with Gasteiger partial charge in [0.2, 0.25) is 0 Å². The molecule has 0 fully saturated rings. The molecule has 0 spiro atoms. The number of carbonyl (C=O) groups is 2. The molecular weight excluding hydrogens is 258 g/mol. The molecule has 20 heavy (non-hydrogen) atoms. The normalized spacial score (nSPS) is 11.6. The molecule has 1 unspecified atom stereocenters. The zero-order valence-electron chi connectivity index (χ0n) is 12.3. The lowest BCUT2D eigenvalue weighted by atomic mass is 10.2. The molecule has 2 amide bonds. The number of carboxylic acid groups (broad SMARTS) is 1. The lowest BCUT2D eigenvalue weighted by Gasteiger charge is -2.20. The predicted molar refractivity (Wildman–Crippen MR) is 79.2 cm³/mol. The molecule has 0 aliphatic rings. The standard InChI is InChI=1S/C14H21N3O3/c1-10(13(18)19)9-17(4)14(20)15-11-5-7-12(8-6-11)16(2)3/h5-8,10H,9H2,1-4H3,(H,15,20)(H,18,19). The van der Waals surface area contributed by atoms with Crippen molar-refractivity contribution >= 4 is 23.4 Å². The number of nitrogens with zero attached hydrogens (tertiary/aromatic N) is 2. The third-order valence-corrected chi connectivity index (χ3v) is 2.95. The Kier molecular flexibility index (Phi) is 5.37. The van der Waals surface area contributed by atoms with E-state index in [0.29, 0.717) is 5.69 Å². The maximum atomic E-state index is 11.9. The molecule has 6 heteroatoms. The van der Waals surface area contributed by atoms with Crippen LogP contribution in [0.4, 0.5) is 16.2 Å². The minimum atomic E-state index is -0.917. The van der Waals surface area contributed by atoms with E-state index in [1.165, 1.54) is 4.90 Å². The van der Waals surface area contributed by atoms with Gasteiger partial charge in [0.1, 0.15) is 0 Å². The van der Waals surface area contributed by atoms with Gasteiger partial charge >= 0.3 is 12.0 Å². The van der Waals surface area contributed by atoms with Gasteiger partial charge in [-0.3, -0.25) is 4.79 Å². The number of carbonyl (C=O) groups excluding carboxylic acids is 1. The number of hydrogen-bond acceptors (Lipinski definition) is 3. The van der Waals surface area contributed by atoms with E-state index in [1.54, 1.807) is 14.0 Å². The van der Waals surface area contributed by atoms with Crippen LogP contribution in [-0.2, 0) is 4.79 Å². The molecule has 0 saturated carbocycles. The molecule has 110 valence electrons. The SMILES string of the molecule is CC(CN(C)C(=O)Nc1ccc(N(C)C)cc1)C(=O)O. The predicted octanol–water partition coefficient (Wildman–Crippen LogP) is 1.94. The van der Waals surface area contributed by atoms with Crippen molar-refractivity contribution in [3.63, 3.8) is 0 Å². The monoisotopic (exact) mass is 279 g/mol. The topological polar surface area (TPSA) is 72.9 Å². The number of nitrogens with one attached hydrogen (secondary N) is 1. The van der Waals surface area contributed by atoms with Gasteiger partial charge in [0.15, 0.2) is 0 Å². The molecule has 1 aromatic rings. The number of amides is 2. The Bertz CT molecular complexity index is 471. The van der Waals surface area contributed by atoms with Crippen molar-refractivity contribution in [2.45, 2.75) is 6.92 Å². The molecule has 0 bridgehead atoms. The highest BCUT2D eigenvalue weighted by Gasteiger charge is 2.17. The summed E-state index contributed by atoms with van der Waals surface area (Å²) >= 11 is 0. The van der Waals surface area contributed by atoms with E-state index < -0.39 is 11.9 Å². The first-order valence-electron chi connectivity index (χ1n) is 6.33. The lowest BCUT2D eigenvalue weighted by Crippen LogP contribution is -2.36. The van der Waals surface area contributed by atoms with Gasteiger partial charge in [0.25, 0.3) is 0 Å². The minimum absolute atomic E-state index is 0.164. The Hall–Kier alpha value is -2.24. The van der Waals surface area contributed by atoms with Gasteiger partial charge < -0.3 is 20.2 Å². The second-order valence-electron chi connectivity index (χ2n) is 4.99. The van der Waals surface area contributed by atoms with Crippen LogP contribution in [0.15, 0.2) is 24.3 Å². The second-order valence-corrected chi connectivity index (χ2v) is 4.99. The van der Waals surface area contributed by atoms with E-state index >= 15 is 0 Å². The molecule has 0 radical (unpaired) electrons. The molecule has 0 aliphatic carbocycles. The van der Waals surface area contributed by atoms with Gasteiger partial charge in [-0.15, -0.1) is 0 Å². The van der Waals surface area contributed by atoms with E-state index in [1.807, 2.05) is 43.3 Å². The molecule has 1 rings (SSSR count). The molecule has 6 nitrogen and oxygen atoms in total. The number of aliphatic carboxylic acids is 1. The molecule has 2 N–H and O–H groups in total. The Morgan fingerprint density at radius 3 is 2.20 bits per heavy atom. The summed E-state index contributed by atoms with van der Waals surface area (Å²) in [4.78, 5) is 26.0. The van der Waals surface area contributed by atoms with Crippen molar-refractivity contribution in [2.24, 2.45) is 5.92 Å². The van der Waals surface area contributed by atoms with Crippen molar-refractivity contribution in [2.75, 3.05) is 37.9 Å². The van der Waals surface area contributed by atoms with Crippen LogP contribution >= 0.6 is 0 Å². The van der Waals surface area contributed by atoms with Crippen LogP contribution in [0.25, 0.3) is 0 Å². The number of anilines is 2. The first kappa shape index (κ1) is 15.8. The summed E-state index contributed by atoms with van der Waals surface area (Å²) in [7, 11) is 5.45. The van der Waals surface area contributed by atoms with Crippen LogP contribution in [0.1, 0.15) is 6.92 Å². The summed E-state index contributed by atoms with van der Waals surface area (Å²) in [6.07, 6.45) is 0. The second kappa shape index (κ2) is 6.79. The van der Waals surface area contributed by atoms with Crippen molar-refractivity contribution < 1.29 is 14.7 Å². The fourth-order valence-electron chi connectivity index (χ4n) is 1.63. The summed E-state index contributed by atoms with van der Waals surface area (Å²) < 4.78 is 0. The Morgan fingerprint density at radius 1 is 1.20 bits per heavy atom. The summed E-state index contributed by atoms with van der Waals surface area (Å²) in [5, 5.41) is 11.5. The van der Waals surface area contributed by atoms with Crippen molar-refractivity contribution in [3.8, 4) is 0 Å². The van der Waals surface area contributed by atoms with Crippen molar-refractivity contribution in [1.82, 2.24) is 4.90 Å². The number of urea groups is 1. The average Bonchev–Trinajstić information content (AvgIpc) is 2.38. The van der Waals surface area contributed by atoms with E-state index in [9.17, 15) is 9.59 Å². The Morgan fingerprint density at radius 2 is 1.75 bits per heavy atom. The molecule has 0 heterocycles. The maximum Gasteiger partial charge on any atom is 0.321 e. The molecular formula is C14H21N3O3. The highest BCUT2D eigenvalue weighted by Crippen LogP contribution is 2.16. The highest BCUT2D eigenvalue weighted by molar-refractivity contribution is 5.89. The van der Waals surface area contributed by atoms with Crippen LogP contribution in [0.5, 0.6) is 0 Å². The van der Waals surface area contributed by atoms with E-state index in [0.717, 1.165) is 5.69 Å². The number of benzene rings is 1. The Balaban J connectivity index is 2.59. The molecule has 0 aromatic heterocycles. The zero-order valence-corrected chi connectivity index (χ0v) is 12.3. The maximum absolute atomic E-state index is 11.9. The first-order chi connectivity index (χ1) is 9.31. The number of rotatable bonds is 5. The molecule has 0 aliphatic heterocycles. The van der Waals surface area contributed by atoms with Crippen LogP contribution < -0.4 is 10.2 Å². The number of carboxylic acids is 1. The lowest BCUT2D eigenvalue weighted by molar-refractivity contribution is -0.141. The van der Waals surface area contributed by atoms with Gasteiger partial charge in [-0.05, 0) is 24.3 Å². The van der Waals surface area contributed by atoms with Crippen LogP contribution in [-0.4, -0.2) is 49.7 Å². The molecule has 0 saturated heterocycles. The summed E-state index contributed by atoms with van der Waals surface area (Å²) in [6, 6.07) is 7.09. The fraction of sp³-hybridized carbons (Fsp3) is 0.429. The quantitative estimate of drug-likeness (QED) is 0.864. The van der Waals surface area contributed by atoms with Gasteiger partial charge in [0, 0.05) is 39.1 Å². The van der Waals surface area contributed by atoms with Gasteiger partial charge in [-0.25, -0.2) is 4.79 Å². The Labute approximate surface area is 119 Å². The highest BCUT2D eigenvalue weighted by atomic mass is 16.4.